The van der Waals surface area contributed by atoms with Gasteiger partial charge in [0.25, 0.3) is 0 Å². The molecule has 0 spiro atoms. The number of rotatable bonds is 13. The number of carbonyl (C=O) groups excluding carboxylic acids is 2. The summed E-state index contributed by atoms with van der Waals surface area (Å²) in [5.41, 5.74) is 8.84. The number of Topliss-reactive ketones (excluding diaryl/α,β-unsaturated/α-hetero) is 1. The third kappa shape index (κ3) is 11.2. The van der Waals surface area contributed by atoms with Gasteiger partial charge in [0.05, 0.1) is 31.8 Å². The molecule has 0 aliphatic rings. The Balaban J connectivity index is 0.000000280. The molecule has 2 unspecified atom stereocenters. The third-order valence-electron chi connectivity index (χ3n) is 5.94. The molecule has 8 heteroatoms. The van der Waals surface area contributed by atoms with Crippen LogP contribution in [0.2, 0.25) is 0 Å². The minimum Gasteiger partial charge on any atom is -0.464 e. The number of imidazole rings is 1. The molecule has 0 aliphatic carbocycles. The first kappa shape index (κ1) is 32.5. The zero-order valence-corrected chi connectivity index (χ0v) is 24.6. The van der Waals surface area contributed by atoms with Crippen LogP contribution in [0.5, 0.6) is 0 Å². The molecule has 0 aliphatic heterocycles. The van der Waals surface area contributed by atoms with Crippen LogP contribution in [0.3, 0.4) is 0 Å². The van der Waals surface area contributed by atoms with Gasteiger partial charge in [0.2, 0.25) is 0 Å². The van der Waals surface area contributed by atoms with Crippen LogP contribution < -0.4 is 11.1 Å². The van der Waals surface area contributed by atoms with Crippen LogP contribution in [0.15, 0.2) is 85.5 Å². The van der Waals surface area contributed by atoms with Crippen LogP contribution >= 0.6 is 0 Å². The number of aryl methyl sites for hydroxylation is 1. The summed E-state index contributed by atoms with van der Waals surface area (Å²) in [4.78, 5) is 28.2. The second kappa shape index (κ2) is 15.7. The summed E-state index contributed by atoms with van der Waals surface area (Å²) in [7, 11) is 0. The molecule has 3 aromatic rings. The minimum atomic E-state index is -0.576. The number of benzene rings is 2. The Kier molecular flexibility index (Phi) is 12.8. The molecule has 0 saturated heterocycles. The molecule has 0 bridgehead atoms. The molecule has 8 nitrogen and oxygen atoms in total. The van der Waals surface area contributed by atoms with Crippen LogP contribution in [0, 0.1) is 12.8 Å². The topological polar surface area (TPSA) is 108 Å². The number of hydrogen-bond donors (Lipinski definition) is 2. The number of nitrogens with one attached hydrogen (secondary N) is 1. The highest BCUT2D eigenvalue weighted by atomic mass is 16.5. The lowest BCUT2D eigenvalue weighted by Gasteiger charge is -2.27. The van der Waals surface area contributed by atoms with Crippen molar-refractivity contribution in [2.24, 2.45) is 11.7 Å². The molecule has 0 amide bonds. The Bertz CT molecular complexity index is 1200. The van der Waals surface area contributed by atoms with Gasteiger partial charge in [-0.1, -0.05) is 81.1 Å². The lowest BCUT2D eigenvalue weighted by atomic mass is 10.0. The summed E-state index contributed by atoms with van der Waals surface area (Å²) in [5.74, 6) is 0.0747. The minimum absolute atomic E-state index is 0.00321. The van der Waals surface area contributed by atoms with Crippen molar-refractivity contribution in [3.05, 3.63) is 102 Å². The fourth-order valence-corrected chi connectivity index (χ4v) is 3.50. The van der Waals surface area contributed by atoms with E-state index in [0.717, 1.165) is 16.8 Å². The van der Waals surface area contributed by atoms with Crippen molar-refractivity contribution in [3.8, 4) is 0 Å². The van der Waals surface area contributed by atoms with Crippen molar-refractivity contribution in [1.82, 2.24) is 14.9 Å². The predicted molar refractivity (Wildman–Crippen MR) is 158 cm³/mol. The number of aromatic nitrogens is 2. The monoisotopic (exact) mass is 548 g/mol. The highest BCUT2D eigenvalue weighted by molar-refractivity contribution is 5.81. The molecule has 0 fully saturated rings. The van der Waals surface area contributed by atoms with E-state index in [0.29, 0.717) is 31.4 Å². The van der Waals surface area contributed by atoms with Gasteiger partial charge in [0, 0.05) is 17.4 Å². The maximum absolute atomic E-state index is 12.4. The maximum Gasteiger partial charge on any atom is 0.333 e. The summed E-state index contributed by atoms with van der Waals surface area (Å²) < 4.78 is 12.8. The highest BCUT2D eigenvalue weighted by Gasteiger charge is 2.24. The Morgan fingerprint density at radius 1 is 1.05 bits per heavy atom. The molecule has 0 radical (unpaired) electrons. The molecule has 3 N–H and O–H groups in total. The summed E-state index contributed by atoms with van der Waals surface area (Å²) in [6.45, 7) is 16.2. The van der Waals surface area contributed by atoms with Crippen molar-refractivity contribution in [2.75, 3.05) is 13.2 Å². The second-order valence-corrected chi connectivity index (χ2v) is 10.8. The van der Waals surface area contributed by atoms with Crippen molar-refractivity contribution in [2.45, 2.75) is 65.8 Å². The van der Waals surface area contributed by atoms with E-state index < -0.39 is 17.6 Å². The fraction of sp³-hybridized carbons (Fsp3) is 0.406. The van der Waals surface area contributed by atoms with Gasteiger partial charge in [0.1, 0.15) is 6.04 Å². The van der Waals surface area contributed by atoms with Gasteiger partial charge in [-0.2, -0.15) is 0 Å². The molecule has 216 valence electrons. The highest BCUT2D eigenvalue weighted by Crippen LogP contribution is 2.20. The number of nitrogens with two attached hydrogens (primary N) is 1. The van der Waals surface area contributed by atoms with E-state index in [-0.39, 0.29) is 11.8 Å². The van der Waals surface area contributed by atoms with E-state index in [2.05, 4.69) is 16.9 Å². The average molecular weight is 549 g/mol. The molecule has 0 saturated carbocycles. The fourth-order valence-electron chi connectivity index (χ4n) is 3.50. The standard InChI is InChI=1S/C16H20N2O2.C16H24N2O2/c1-12(2)10-20-16(19)15(14-7-5-4-6-8-14)18-9-13(3)17-11-18;1-12(19)15(18-13(2)16(3,4)17)11-20-10-14-8-6-5-7-9-14/h4-9,11-12,15H,10H2,1-3H3;5-9,15,18H,2,10-11,17H2,1,3-4H3. The predicted octanol–water partition coefficient (Wildman–Crippen LogP) is 4.98. The Hall–Kier alpha value is -3.75. The Labute approximate surface area is 238 Å². The summed E-state index contributed by atoms with van der Waals surface area (Å²) >= 11 is 0. The first-order chi connectivity index (χ1) is 18.9. The Morgan fingerprint density at radius 3 is 2.15 bits per heavy atom. The number of esters is 1. The van der Waals surface area contributed by atoms with Gasteiger partial charge in [0.15, 0.2) is 11.8 Å². The van der Waals surface area contributed by atoms with E-state index in [1.54, 1.807) is 10.9 Å². The first-order valence-corrected chi connectivity index (χ1v) is 13.5. The van der Waals surface area contributed by atoms with Gasteiger partial charge < -0.3 is 25.1 Å². The molecule has 2 atom stereocenters. The third-order valence-corrected chi connectivity index (χ3v) is 5.94. The van der Waals surface area contributed by atoms with Gasteiger partial charge in [-0.15, -0.1) is 0 Å². The summed E-state index contributed by atoms with van der Waals surface area (Å²) in [5, 5.41) is 3.05. The van der Waals surface area contributed by atoms with Crippen molar-refractivity contribution in [1.29, 1.82) is 0 Å². The van der Waals surface area contributed by atoms with Gasteiger partial charge in [-0.05, 0) is 44.7 Å². The zero-order valence-electron chi connectivity index (χ0n) is 24.6. The molecule has 1 heterocycles. The molecular weight excluding hydrogens is 504 g/mol. The normalized spacial score (nSPS) is 12.6. The molecule has 2 aromatic carbocycles. The van der Waals surface area contributed by atoms with Crippen LogP contribution in [0.4, 0.5) is 0 Å². The largest absolute Gasteiger partial charge is 0.464 e. The van der Waals surface area contributed by atoms with Gasteiger partial charge in [-0.3, -0.25) is 4.79 Å². The van der Waals surface area contributed by atoms with E-state index >= 15 is 0 Å². The van der Waals surface area contributed by atoms with E-state index in [1.165, 1.54) is 6.92 Å². The van der Waals surface area contributed by atoms with Crippen LogP contribution in [0.25, 0.3) is 0 Å². The van der Waals surface area contributed by atoms with E-state index in [4.69, 9.17) is 15.2 Å². The molecule has 40 heavy (non-hydrogen) atoms. The summed E-state index contributed by atoms with van der Waals surface area (Å²) in [6, 6.07) is 18.6. The molecule has 1 aromatic heterocycles. The van der Waals surface area contributed by atoms with Crippen molar-refractivity contribution >= 4 is 11.8 Å². The SMILES string of the molecule is C=C(NC(COCc1ccccc1)C(C)=O)C(C)(C)N.Cc1cn(C(C(=O)OCC(C)C)c2ccccc2)cn1. The van der Waals surface area contributed by atoms with Crippen LogP contribution in [-0.4, -0.2) is 46.1 Å². The van der Waals surface area contributed by atoms with Gasteiger partial charge in [-0.25, -0.2) is 9.78 Å². The average Bonchev–Trinajstić information content (AvgIpc) is 3.33. The number of ether oxygens (including phenoxy) is 2. The number of nitrogens with zero attached hydrogens (tertiary/aromatic N) is 2. The van der Waals surface area contributed by atoms with E-state index in [1.807, 2.05) is 101 Å². The van der Waals surface area contributed by atoms with E-state index in [9.17, 15) is 9.59 Å². The van der Waals surface area contributed by atoms with Gasteiger partial charge >= 0.3 is 5.97 Å². The van der Waals surface area contributed by atoms with Crippen molar-refractivity contribution in [3.63, 3.8) is 0 Å². The number of carbonyl (C=O) groups is 2. The quantitative estimate of drug-likeness (QED) is 0.290. The lowest BCUT2D eigenvalue weighted by Crippen LogP contribution is -2.47. The maximum atomic E-state index is 12.4. The molecule has 3 rings (SSSR count). The van der Waals surface area contributed by atoms with Crippen LogP contribution in [0.1, 0.15) is 57.5 Å². The number of hydrogen-bond acceptors (Lipinski definition) is 7. The van der Waals surface area contributed by atoms with Crippen LogP contribution in [-0.2, 0) is 25.7 Å². The number of ketones is 1. The first-order valence-electron chi connectivity index (χ1n) is 13.5. The Morgan fingerprint density at radius 2 is 1.65 bits per heavy atom. The van der Waals surface area contributed by atoms with Crippen molar-refractivity contribution < 1.29 is 19.1 Å². The smallest absolute Gasteiger partial charge is 0.333 e. The molecular formula is C32H44N4O4. The second-order valence-electron chi connectivity index (χ2n) is 10.8. The lowest BCUT2D eigenvalue weighted by molar-refractivity contribution is -0.147. The summed E-state index contributed by atoms with van der Waals surface area (Å²) in [6.07, 6.45) is 3.53. The zero-order chi connectivity index (χ0) is 29.7.